The standard InChI is InChI=1S/C13H9BrN2/c14-12-9-16-11(7-4-8-13(16)15-12)10-5-2-1-3-6-10/h1-9H. The summed E-state index contributed by atoms with van der Waals surface area (Å²) in [6, 6.07) is 16.4. The molecular formula is C13H9BrN2. The second kappa shape index (κ2) is 3.76. The SMILES string of the molecule is Brc1cn2c(-c3ccccc3)cccc2n1. The highest BCUT2D eigenvalue weighted by Crippen LogP contribution is 2.22. The highest BCUT2D eigenvalue weighted by molar-refractivity contribution is 9.10. The van der Waals surface area contributed by atoms with Crippen LogP contribution in [0.5, 0.6) is 0 Å². The normalized spacial score (nSPS) is 10.8. The second-order valence-corrected chi connectivity index (χ2v) is 4.38. The van der Waals surface area contributed by atoms with Gasteiger partial charge in [-0.05, 0) is 33.6 Å². The van der Waals surface area contributed by atoms with E-state index in [-0.39, 0.29) is 0 Å². The summed E-state index contributed by atoms with van der Waals surface area (Å²) in [4.78, 5) is 4.38. The van der Waals surface area contributed by atoms with E-state index >= 15 is 0 Å². The molecule has 0 atom stereocenters. The van der Waals surface area contributed by atoms with E-state index in [9.17, 15) is 0 Å². The highest BCUT2D eigenvalue weighted by Gasteiger charge is 2.04. The van der Waals surface area contributed by atoms with Crippen LogP contribution in [0.25, 0.3) is 16.9 Å². The van der Waals surface area contributed by atoms with Gasteiger partial charge in [-0.3, -0.25) is 4.40 Å². The summed E-state index contributed by atoms with van der Waals surface area (Å²) in [6.45, 7) is 0. The molecule has 0 aliphatic carbocycles. The highest BCUT2D eigenvalue weighted by atomic mass is 79.9. The van der Waals surface area contributed by atoms with Gasteiger partial charge in [-0.15, -0.1) is 0 Å². The quantitative estimate of drug-likeness (QED) is 0.659. The number of imidazole rings is 1. The molecule has 0 saturated heterocycles. The zero-order chi connectivity index (χ0) is 11.0. The van der Waals surface area contributed by atoms with Crippen LogP contribution in [0.1, 0.15) is 0 Å². The van der Waals surface area contributed by atoms with E-state index in [1.807, 2.05) is 36.5 Å². The third-order valence-electron chi connectivity index (χ3n) is 2.53. The van der Waals surface area contributed by atoms with Crippen LogP contribution in [0.2, 0.25) is 0 Å². The summed E-state index contributed by atoms with van der Waals surface area (Å²) in [5.41, 5.74) is 3.29. The zero-order valence-corrected chi connectivity index (χ0v) is 10.1. The van der Waals surface area contributed by atoms with Gasteiger partial charge < -0.3 is 0 Å². The molecule has 1 aromatic carbocycles. The fourth-order valence-electron chi connectivity index (χ4n) is 1.83. The molecule has 78 valence electrons. The van der Waals surface area contributed by atoms with E-state index in [0.717, 1.165) is 15.9 Å². The van der Waals surface area contributed by atoms with Crippen molar-refractivity contribution < 1.29 is 0 Å². The number of pyridine rings is 1. The fourth-order valence-corrected chi connectivity index (χ4v) is 2.21. The van der Waals surface area contributed by atoms with Crippen molar-refractivity contribution in [3.63, 3.8) is 0 Å². The minimum Gasteiger partial charge on any atom is -0.298 e. The Morgan fingerprint density at radius 1 is 0.938 bits per heavy atom. The molecule has 0 unspecified atom stereocenters. The van der Waals surface area contributed by atoms with E-state index in [0.29, 0.717) is 0 Å². The van der Waals surface area contributed by atoms with Crippen molar-refractivity contribution in [3.05, 3.63) is 59.3 Å². The summed E-state index contributed by atoms with van der Waals surface area (Å²) < 4.78 is 2.94. The van der Waals surface area contributed by atoms with Gasteiger partial charge in [0.1, 0.15) is 10.3 Å². The van der Waals surface area contributed by atoms with Crippen molar-refractivity contribution in [1.82, 2.24) is 9.38 Å². The van der Waals surface area contributed by atoms with Crippen LogP contribution >= 0.6 is 15.9 Å². The Bertz CT molecular complexity index is 629. The zero-order valence-electron chi connectivity index (χ0n) is 8.47. The Morgan fingerprint density at radius 2 is 1.75 bits per heavy atom. The first-order valence-electron chi connectivity index (χ1n) is 5.03. The average molecular weight is 273 g/mol. The van der Waals surface area contributed by atoms with Crippen molar-refractivity contribution in [1.29, 1.82) is 0 Å². The lowest BCUT2D eigenvalue weighted by atomic mass is 10.1. The van der Waals surface area contributed by atoms with Crippen molar-refractivity contribution >= 4 is 21.6 Å². The second-order valence-electron chi connectivity index (χ2n) is 3.57. The third-order valence-corrected chi connectivity index (χ3v) is 2.91. The monoisotopic (exact) mass is 272 g/mol. The minimum atomic E-state index is 0.857. The number of halogens is 1. The lowest BCUT2D eigenvalue weighted by Gasteiger charge is -2.04. The lowest BCUT2D eigenvalue weighted by Crippen LogP contribution is -1.89. The molecule has 3 aromatic rings. The number of aromatic nitrogens is 2. The topological polar surface area (TPSA) is 17.3 Å². The van der Waals surface area contributed by atoms with Gasteiger partial charge in [-0.2, -0.15) is 0 Å². The van der Waals surface area contributed by atoms with Crippen LogP contribution in [0.4, 0.5) is 0 Å². The van der Waals surface area contributed by atoms with E-state index in [1.54, 1.807) is 0 Å². The Morgan fingerprint density at radius 3 is 2.56 bits per heavy atom. The maximum absolute atomic E-state index is 4.38. The van der Waals surface area contributed by atoms with E-state index < -0.39 is 0 Å². The van der Waals surface area contributed by atoms with E-state index in [2.05, 4.69) is 43.5 Å². The van der Waals surface area contributed by atoms with Gasteiger partial charge in [-0.1, -0.05) is 36.4 Å². The Balaban J connectivity index is 2.31. The number of nitrogens with zero attached hydrogens (tertiary/aromatic N) is 2. The van der Waals surface area contributed by atoms with Crippen molar-refractivity contribution in [2.75, 3.05) is 0 Å². The predicted octanol–water partition coefficient (Wildman–Crippen LogP) is 3.76. The molecule has 0 fully saturated rings. The number of hydrogen-bond donors (Lipinski definition) is 0. The summed E-state index contributed by atoms with van der Waals surface area (Å²) in [7, 11) is 0. The molecule has 0 bridgehead atoms. The lowest BCUT2D eigenvalue weighted by molar-refractivity contribution is 1.19. The van der Waals surface area contributed by atoms with Gasteiger partial charge >= 0.3 is 0 Å². The minimum absolute atomic E-state index is 0.857. The Hall–Kier alpha value is -1.61. The first-order chi connectivity index (χ1) is 7.84. The molecule has 0 amide bonds. The number of benzene rings is 1. The molecular weight excluding hydrogens is 264 g/mol. The molecule has 3 heteroatoms. The van der Waals surface area contributed by atoms with Crippen LogP contribution in [-0.2, 0) is 0 Å². The first-order valence-corrected chi connectivity index (χ1v) is 5.83. The molecule has 0 N–H and O–H groups in total. The first kappa shape index (κ1) is 9.60. The summed E-state index contributed by atoms with van der Waals surface area (Å²) in [6.07, 6.45) is 1.98. The smallest absolute Gasteiger partial charge is 0.138 e. The van der Waals surface area contributed by atoms with Gasteiger partial charge in [0.2, 0.25) is 0 Å². The number of fused-ring (bicyclic) bond motifs is 1. The van der Waals surface area contributed by atoms with E-state index in [4.69, 9.17) is 0 Å². The summed E-state index contributed by atoms with van der Waals surface area (Å²) in [5.74, 6) is 0. The molecule has 0 aliphatic rings. The third kappa shape index (κ3) is 1.53. The predicted molar refractivity (Wildman–Crippen MR) is 68.3 cm³/mol. The van der Waals surface area contributed by atoms with Crippen LogP contribution < -0.4 is 0 Å². The molecule has 16 heavy (non-hydrogen) atoms. The van der Waals surface area contributed by atoms with Crippen molar-refractivity contribution in [2.45, 2.75) is 0 Å². The van der Waals surface area contributed by atoms with E-state index in [1.165, 1.54) is 5.56 Å². The molecule has 2 nitrogen and oxygen atoms in total. The molecule has 2 aromatic heterocycles. The van der Waals surface area contributed by atoms with Gasteiger partial charge in [-0.25, -0.2) is 4.98 Å². The summed E-state index contributed by atoms with van der Waals surface area (Å²) in [5, 5.41) is 0. The van der Waals surface area contributed by atoms with Crippen molar-refractivity contribution in [2.24, 2.45) is 0 Å². The molecule has 0 radical (unpaired) electrons. The van der Waals surface area contributed by atoms with Crippen LogP contribution in [-0.4, -0.2) is 9.38 Å². The fraction of sp³-hybridized carbons (Fsp3) is 0. The average Bonchev–Trinajstić information content (AvgIpc) is 2.70. The number of hydrogen-bond acceptors (Lipinski definition) is 1. The molecule has 0 saturated carbocycles. The Kier molecular flexibility index (Phi) is 2.26. The van der Waals surface area contributed by atoms with Crippen LogP contribution in [0, 0.1) is 0 Å². The molecule has 2 heterocycles. The van der Waals surface area contributed by atoms with Gasteiger partial charge in [0.05, 0.1) is 5.69 Å². The maximum Gasteiger partial charge on any atom is 0.138 e. The Labute approximate surface area is 102 Å². The van der Waals surface area contributed by atoms with Crippen molar-refractivity contribution in [3.8, 4) is 11.3 Å². The van der Waals surface area contributed by atoms with Crippen LogP contribution in [0.15, 0.2) is 59.3 Å². The summed E-state index contributed by atoms with van der Waals surface area (Å²) >= 11 is 3.40. The molecule has 0 spiro atoms. The molecule has 0 aliphatic heterocycles. The largest absolute Gasteiger partial charge is 0.298 e. The maximum atomic E-state index is 4.38. The van der Waals surface area contributed by atoms with Gasteiger partial charge in [0.15, 0.2) is 0 Å². The number of rotatable bonds is 1. The molecule has 3 rings (SSSR count). The van der Waals surface area contributed by atoms with Crippen LogP contribution in [0.3, 0.4) is 0 Å². The van der Waals surface area contributed by atoms with Gasteiger partial charge in [0.25, 0.3) is 0 Å². The van der Waals surface area contributed by atoms with Gasteiger partial charge in [0, 0.05) is 6.20 Å².